The number of hydrazine groups is 1. The molecule has 6 heteroatoms. The molecule has 1 saturated heterocycles. The Bertz CT molecular complexity index is 554. The average Bonchev–Trinajstić information content (AvgIpc) is 2.96. The monoisotopic (exact) mass is 319 g/mol. The van der Waals surface area contributed by atoms with Gasteiger partial charge in [0, 0.05) is 12.6 Å². The van der Waals surface area contributed by atoms with Gasteiger partial charge >= 0.3 is 5.97 Å². The molecule has 6 nitrogen and oxygen atoms in total. The van der Waals surface area contributed by atoms with Crippen LogP contribution in [0.1, 0.15) is 32.8 Å². The largest absolute Gasteiger partial charge is 0.480 e. The molecule has 0 radical (unpaired) electrons. The van der Waals surface area contributed by atoms with Crippen molar-refractivity contribution >= 4 is 11.9 Å². The highest BCUT2D eigenvalue weighted by Crippen LogP contribution is 2.26. The second-order valence-corrected chi connectivity index (χ2v) is 7.07. The molecule has 1 aliphatic heterocycles. The number of carbonyl (C=O) groups excluding carboxylic acids is 1. The molecule has 0 spiro atoms. The number of nitrogens with zero attached hydrogens (tertiary/aromatic N) is 1. The number of carboxylic acid groups (broad SMARTS) is 1. The van der Waals surface area contributed by atoms with Crippen molar-refractivity contribution in [3.63, 3.8) is 0 Å². The van der Waals surface area contributed by atoms with Gasteiger partial charge in [0.15, 0.2) is 0 Å². The first-order valence-corrected chi connectivity index (χ1v) is 7.83. The Hall–Kier alpha value is -1.92. The molecule has 2 rings (SSSR count). The minimum absolute atomic E-state index is 0.0269. The van der Waals surface area contributed by atoms with Crippen molar-refractivity contribution in [3.8, 4) is 0 Å². The summed E-state index contributed by atoms with van der Waals surface area (Å²) in [6.07, 6.45) is 0.646. The number of aliphatic carboxylic acids is 1. The van der Waals surface area contributed by atoms with Gasteiger partial charge in [0.25, 0.3) is 0 Å². The van der Waals surface area contributed by atoms with Crippen LogP contribution in [0.3, 0.4) is 0 Å². The predicted molar refractivity (Wildman–Crippen MR) is 87.4 cm³/mol. The van der Waals surface area contributed by atoms with Crippen LogP contribution in [0.4, 0.5) is 0 Å². The quantitative estimate of drug-likeness (QED) is 0.764. The molecule has 1 aromatic carbocycles. The summed E-state index contributed by atoms with van der Waals surface area (Å²) in [4.78, 5) is 25.2. The molecule has 1 aliphatic rings. The number of carboxylic acids is 1. The minimum Gasteiger partial charge on any atom is -0.480 e. The standard InChI is InChI=1S/C17H25N3O3/c1-17(2,3)14-9-13(18-19-14)16(23)20(11-15(21)22)10-12-7-5-4-6-8-12/h4-8,13-14,18-19H,9-11H2,1-3H3,(H,21,22). The van der Waals surface area contributed by atoms with Crippen molar-refractivity contribution in [2.75, 3.05) is 6.54 Å². The van der Waals surface area contributed by atoms with Crippen LogP contribution in [0.5, 0.6) is 0 Å². The first-order valence-electron chi connectivity index (χ1n) is 7.83. The Morgan fingerprint density at radius 3 is 2.39 bits per heavy atom. The zero-order chi connectivity index (χ0) is 17.0. The number of rotatable bonds is 5. The molecule has 2 atom stereocenters. The van der Waals surface area contributed by atoms with Gasteiger partial charge in [-0.2, -0.15) is 0 Å². The second kappa shape index (κ2) is 7.10. The van der Waals surface area contributed by atoms with E-state index in [4.69, 9.17) is 5.11 Å². The second-order valence-electron chi connectivity index (χ2n) is 7.07. The topological polar surface area (TPSA) is 81.7 Å². The molecule has 0 aliphatic carbocycles. The lowest BCUT2D eigenvalue weighted by atomic mass is 9.84. The smallest absolute Gasteiger partial charge is 0.323 e. The lowest BCUT2D eigenvalue weighted by molar-refractivity contribution is -0.145. The fraction of sp³-hybridized carbons (Fsp3) is 0.529. The van der Waals surface area contributed by atoms with Crippen LogP contribution < -0.4 is 10.9 Å². The fourth-order valence-corrected chi connectivity index (χ4v) is 2.69. The Morgan fingerprint density at radius 1 is 1.22 bits per heavy atom. The van der Waals surface area contributed by atoms with Crippen LogP contribution in [0.15, 0.2) is 30.3 Å². The maximum atomic E-state index is 12.7. The molecular weight excluding hydrogens is 294 g/mol. The molecular formula is C17H25N3O3. The zero-order valence-electron chi connectivity index (χ0n) is 13.9. The summed E-state index contributed by atoms with van der Waals surface area (Å²) >= 11 is 0. The van der Waals surface area contributed by atoms with Gasteiger partial charge in [-0.1, -0.05) is 51.1 Å². The van der Waals surface area contributed by atoms with Crippen molar-refractivity contribution in [1.29, 1.82) is 0 Å². The molecule has 0 bridgehead atoms. The number of hydrogen-bond donors (Lipinski definition) is 3. The summed E-state index contributed by atoms with van der Waals surface area (Å²) < 4.78 is 0. The Labute approximate surface area is 136 Å². The summed E-state index contributed by atoms with van der Waals surface area (Å²) in [5.74, 6) is -1.19. The summed E-state index contributed by atoms with van der Waals surface area (Å²) in [7, 11) is 0. The molecule has 1 amide bonds. The lowest BCUT2D eigenvalue weighted by Gasteiger charge is -2.26. The fourth-order valence-electron chi connectivity index (χ4n) is 2.69. The highest BCUT2D eigenvalue weighted by atomic mass is 16.4. The Balaban J connectivity index is 2.07. The third-order valence-corrected chi connectivity index (χ3v) is 4.10. The van der Waals surface area contributed by atoms with Crippen LogP contribution >= 0.6 is 0 Å². The summed E-state index contributed by atoms with van der Waals surface area (Å²) in [6.45, 7) is 6.32. The molecule has 2 unspecified atom stereocenters. The molecule has 1 aromatic rings. The van der Waals surface area contributed by atoms with Gasteiger partial charge in [-0.15, -0.1) is 0 Å². The van der Waals surface area contributed by atoms with Crippen LogP contribution in [-0.4, -0.2) is 40.5 Å². The summed E-state index contributed by atoms with van der Waals surface area (Å²) in [5, 5.41) is 9.10. The molecule has 0 aromatic heterocycles. The van der Waals surface area contributed by atoms with E-state index in [1.54, 1.807) is 0 Å². The van der Waals surface area contributed by atoms with E-state index >= 15 is 0 Å². The van der Waals surface area contributed by atoms with Gasteiger partial charge < -0.3 is 10.0 Å². The van der Waals surface area contributed by atoms with Crippen molar-refractivity contribution in [1.82, 2.24) is 15.8 Å². The van der Waals surface area contributed by atoms with Gasteiger partial charge in [0.2, 0.25) is 5.91 Å². The van der Waals surface area contributed by atoms with Crippen molar-refractivity contribution in [3.05, 3.63) is 35.9 Å². The van der Waals surface area contributed by atoms with E-state index in [1.165, 1.54) is 4.90 Å². The van der Waals surface area contributed by atoms with E-state index in [-0.39, 0.29) is 23.9 Å². The van der Waals surface area contributed by atoms with Crippen LogP contribution in [0.2, 0.25) is 0 Å². The van der Waals surface area contributed by atoms with Crippen molar-refractivity contribution < 1.29 is 14.7 Å². The van der Waals surface area contributed by atoms with E-state index in [0.717, 1.165) is 5.56 Å². The Morgan fingerprint density at radius 2 is 1.87 bits per heavy atom. The zero-order valence-corrected chi connectivity index (χ0v) is 13.9. The first kappa shape index (κ1) is 17.4. The van der Waals surface area contributed by atoms with Crippen molar-refractivity contribution in [2.24, 2.45) is 5.41 Å². The van der Waals surface area contributed by atoms with Crippen LogP contribution in [-0.2, 0) is 16.1 Å². The molecule has 23 heavy (non-hydrogen) atoms. The SMILES string of the molecule is CC(C)(C)C1CC(C(=O)N(CC(=O)O)Cc2ccccc2)NN1. The Kier molecular flexibility index (Phi) is 5.38. The normalized spacial score (nSPS) is 21.2. The van der Waals surface area contributed by atoms with E-state index < -0.39 is 12.0 Å². The number of nitrogens with one attached hydrogen (secondary N) is 2. The molecule has 1 fully saturated rings. The maximum absolute atomic E-state index is 12.7. The van der Waals surface area contributed by atoms with Gasteiger partial charge in [0.05, 0.1) is 0 Å². The predicted octanol–water partition coefficient (Wildman–Crippen LogP) is 1.38. The molecule has 126 valence electrons. The van der Waals surface area contributed by atoms with E-state index in [0.29, 0.717) is 13.0 Å². The van der Waals surface area contributed by atoms with Crippen molar-refractivity contribution in [2.45, 2.75) is 45.8 Å². The van der Waals surface area contributed by atoms with Gasteiger partial charge in [-0.25, -0.2) is 5.43 Å². The molecule has 0 saturated carbocycles. The molecule has 3 N–H and O–H groups in total. The maximum Gasteiger partial charge on any atom is 0.323 e. The van der Waals surface area contributed by atoms with E-state index in [2.05, 4.69) is 31.6 Å². The van der Waals surface area contributed by atoms with E-state index in [9.17, 15) is 9.59 Å². The number of amides is 1. The van der Waals surface area contributed by atoms with Crippen LogP contribution in [0, 0.1) is 5.41 Å². The minimum atomic E-state index is -1.01. The van der Waals surface area contributed by atoms with E-state index in [1.807, 2.05) is 30.3 Å². The number of carbonyl (C=O) groups is 2. The average molecular weight is 319 g/mol. The van der Waals surface area contributed by atoms with Gasteiger partial charge in [-0.05, 0) is 17.4 Å². The highest BCUT2D eigenvalue weighted by Gasteiger charge is 2.37. The lowest BCUT2D eigenvalue weighted by Crippen LogP contribution is -2.47. The highest BCUT2D eigenvalue weighted by molar-refractivity contribution is 5.85. The third-order valence-electron chi connectivity index (χ3n) is 4.10. The number of hydrogen-bond acceptors (Lipinski definition) is 4. The first-order chi connectivity index (χ1) is 10.8. The van der Waals surface area contributed by atoms with Gasteiger partial charge in [-0.3, -0.25) is 15.0 Å². The van der Waals surface area contributed by atoms with Crippen LogP contribution in [0.25, 0.3) is 0 Å². The molecule has 1 heterocycles. The van der Waals surface area contributed by atoms with Gasteiger partial charge in [0.1, 0.15) is 12.6 Å². The summed E-state index contributed by atoms with van der Waals surface area (Å²) in [6, 6.07) is 9.19. The summed E-state index contributed by atoms with van der Waals surface area (Å²) in [5.41, 5.74) is 7.12. The third kappa shape index (κ3) is 4.77. The number of benzene rings is 1.